The van der Waals surface area contributed by atoms with Crippen LogP contribution >= 0.6 is 8.53 Å². The number of carbonyl (C=O) groups is 1. The van der Waals surface area contributed by atoms with Gasteiger partial charge in [0, 0.05) is 26.2 Å². The van der Waals surface area contributed by atoms with E-state index in [-0.39, 0.29) is 43.2 Å². The van der Waals surface area contributed by atoms with Gasteiger partial charge in [-0.25, -0.2) is 30.9 Å². The quantitative estimate of drug-likeness (QED) is 0.0393. The first-order chi connectivity index (χ1) is 23.1. The van der Waals surface area contributed by atoms with Crippen molar-refractivity contribution < 1.29 is 18.6 Å². The van der Waals surface area contributed by atoms with Crippen molar-refractivity contribution in [2.75, 3.05) is 32.1 Å². The van der Waals surface area contributed by atoms with Crippen LogP contribution in [0.2, 0.25) is 0 Å². The van der Waals surface area contributed by atoms with E-state index < -0.39 is 14.6 Å². The third kappa shape index (κ3) is 9.55. The van der Waals surface area contributed by atoms with E-state index in [1.807, 2.05) is 86.2 Å². The largest absolute Gasteiger partial charge is 0.426 e. The number of aromatic nitrogens is 4. The molecule has 2 heterocycles. The molecule has 2 aromatic carbocycles. The Morgan fingerprint density at radius 1 is 1.02 bits per heavy atom. The zero-order chi connectivity index (χ0) is 34.6. The first-order valence-corrected chi connectivity index (χ1v) is 17.0. The summed E-state index contributed by atoms with van der Waals surface area (Å²) < 4.78 is 22.7. The normalized spacial score (nSPS) is 12.9. The molecule has 0 spiro atoms. The third-order valence-electron chi connectivity index (χ3n) is 6.97. The van der Waals surface area contributed by atoms with Crippen LogP contribution in [0, 0.1) is 6.57 Å². The highest BCUT2D eigenvalue weighted by Gasteiger charge is 2.30. The van der Waals surface area contributed by atoms with E-state index in [1.165, 1.54) is 4.90 Å². The second-order valence-electron chi connectivity index (χ2n) is 11.6. The van der Waals surface area contributed by atoms with Crippen LogP contribution in [0.5, 0.6) is 6.01 Å². The Labute approximate surface area is 284 Å². The maximum absolute atomic E-state index is 13.8. The molecule has 4 rings (SSSR count). The number of carbonyl (C=O) groups excluding carboxylic acids is 1. The maximum Gasteiger partial charge on any atom is 0.426 e. The number of aliphatic imine (C=N–C) groups is 1. The van der Waals surface area contributed by atoms with Crippen molar-refractivity contribution in [2.24, 2.45) is 4.99 Å². The van der Waals surface area contributed by atoms with Gasteiger partial charge in [-0.05, 0) is 58.4 Å². The Morgan fingerprint density at radius 3 is 2.19 bits per heavy atom. The number of ether oxygens (including phenoxy) is 1. The Morgan fingerprint density at radius 2 is 1.65 bits per heavy atom. The predicted molar refractivity (Wildman–Crippen MR) is 190 cm³/mol. The van der Waals surface area contributed by atoms with E-state index >= 15 is 0 Å². The Balaban J connectivity index is 1.69. The van der Waals surface area contributed by atoms with Crippen LogP contribution in [0.1, 0.15) is 41.0 Å². The van der Waals surface area contributed by atoms with Crippen molar-refractivity contribution in [3.05, 3.63) is 78.4 Å². The van der Waals surface area contributed by atoms with Gasteiger partial charge in [0.05, 0.1) is 36.7 Å². The van der Waals surface area contributed by atoms with E-state index in [9.17, 15) is 4.79 Å². The summed E-state index contributed by atoms with van der Waals surface area (Å²) in [7, 11) is 2.24. The molecule has 0 saturated carbocycles. The van der Waals surface area contributed by atoms with Crippen LogP contribution in [-0.2, 0) is 15.6 Å². The fraction of sp³-hybridized carbons (Fsp3) is 0.412. The van der Waals surface area contributed by atoms with Crippen molar-refractivity contribution in [2.45, 2.75) is 65.8 Å². The minimum absolute atomic E-state index is 0.165. The van der Waals surface area contributed by atoms with Gasteiger partial charge in [0.1, 0.15) is 6.61 Å². The number of hydrogen-bond donors (Lipinski definition) is 0. The summed E-state index contributed by atoms with van der Waals surface area (Å²) in [5.74, 6) is 0.255. The van der Waals surface area contributed by atoms with Crippen LogP contribution in [0.3, 0.4) is 0 Å². The van der Waals surface area contributed by atoms with Gasteiger partial charge in [-0.2, -0.15) is 9.97 Å². The van der Waals surface area contributed by atoms with E-state index in [2.05, 4.69) is 57.2 Å². The molecule has 2 aromatic heterocycles. The number of anilines is 2. The van der Waals surface area contributed by atoms with Crippen LogP contribution in [0.15, 0.2) is 72.0 Å². The molecule has 48 heavy (non-hydrogen) atoms. The number of imidazole rings is 1. The molecular formula is C34H44N9O4P. The molecule has 14 heteroatoms. The lowest BCUT2D eigenvalue weighted by Gasteiger charge is -2.37. The molecule has 0 saturated heterocycles. The van der Waals surface area contributed by atoms with E-state index in [1.54, 1.807) is 17.6 Å². The van der Waals surface area contributed by atoms with Crippen molar-refractivity contribution in [1.29, 1.82) is 0 Å². The molecule has 0 radical (unpaired) electrons. The molecule has 1 amide bonds. The van der Waals surface area contributed by atoms with Gasteiger partial charge >= 0.3 is 12.1 Å². The summed E-state index contributed by atoms with van der Waals surface area (Å²) in [5, 5.41) is 0. The molecule has 0 bridgehead atoms. The number of rotatable bonds is 16. The molecule has 13 nitrogen and oxygen atoms in total. The number of benzene rings is 2. The highest BCUT2D eigenvalue weighted by atomic mass is 31.2. The summed E-state index contributed by atoms with van der Waals surface area (Å²) in [5.41, 5.74) is 2.14. The molecule has 1 unspecified atom stereocenters. The molecule has 0 aliphatic rings. The first kappa shape index (κ1) is 36.4. The van der Waals surface area contributed by atoms with Crippen LogP contribution < -0.4 is 9.64 Å². The zero-order valence-electron chi connectivity index (χ0n) is 28.6. The molecular weight excluding hydrogens is 629 g/mol. The van der Waals surface area contributed by atoms with Gasteiger partial charge in [-0.1, -0.05) is 43.3 Å². The summed E-state index contributed by atoms with van der Waals surface area (Å²) in [6.07, 6.45) is 2.99. The molecule has 0 aliphatic heterocycles. The number of hydrogen-bond acceptors (Lipinski definition) is 9. The molecule has 4 aromatic rings. The Hall–Kier alpha value is -4.47. The van der Waals surface area contributed by atoms with Crippen LogP contribution in [0.25, 0.3) is 16.0 Å². The second-order valence-corrected chi connectivity index (χ2v) is 13.0. The van der Waals surface area contributed by atoms with Crippen molar-refractivity contribution >= 4 is 49.3 Å². The molecule has 0 fully saturated rings. The number of para-hydroxylation sites is 2. The lowest BCUT2D eigenvalue weighted by Crippen LogP contribution is -2.35. The van der Waals surface area contributed by atoms with E-state index in [0.717, 1.165) is 0 Å². The number of nitrogens with zero attached hydrogens (tertiary/aromatic N) is 9. The second kappa shape index (κ2) is 17.6. The van der Waals surface area contributed by atoms with Crippen LogP contribution in [-0.4, -0.2) is 87.0 Å². The summed E-state index contributed by atoms with van der Waals surface area (Å²) in [6.45, 7) is 18.6. The van der Waals surface area contributed by atoms with Crippen LogP contribution in [0.4, 0.5) is 22.0 Å². The lowest BCUT2D eigenvalue weighted by atomic mass is 10.2. The average Bonchev–Trinajstić information content (AvgIpc) is 3.46. The lowest BCUT2D eigenvalue weighted by molar-refractivity contribution is 0.120. The fourth-order valence-corrected chi connectivity index (χ4v) is 6.63. The first-order valence-electron chi connectivity index (χ1n) is 15.9. The Bertz CT molecular complexity index is 1630. The topological polar surface area (TPSA) is 115 Å². The van der Waals surface area contributed by atoms with Gasteiger partial charge in [0.25, 0.3) is 8.53 Å². The van der Waals surface area contributed by atoms with Gasteiger partial charge < -0.3 is 28.1 Å². The summed E-state index contributed by atoms with van der Waals surface area (Å²) >= 11 is 0. The van der Waals surface area contributed by atoms with Gasteiger partial charge in [0.2, 0.25) is 6.54 Å². The minimum atomic E-state index is -1.45. The van der Waals surface area contributed by atoms with Gasteiger partial charge in [-0.15, -0.1) is 0 Å². The fourth-order valence-electron chi connectivity index (χ4n) is 4.86. The van der Waals surface area contributed by atoms with Gasteiger partial charge in [-0.3, -0.25) is 0 Å². The molecule has 254 valence electrons. The number of amides is 1. The smallest absolute Gasteiger partial charge is 0.373 e. The maximum atomic E-state index is 13.8. The molecule has 2 atom stereocenters. The summed E-state index contributed by atoms with van der Waals surface area (Å²) in [4.78, 5) is 38.7. The number of fused-ring (bicyclic) bond motifs is 1. The van der Waals surface area contributed by atoms with Crippen molar-refractivity contribution in [3.8, 4) is 6.01 Å². The van der Waals surface area contributed by atoms with E-state index in [0.29, 0.717) is 35.5 Å². The van der Waals surface area contributed by atoms with E-state index in [4.69, 9.17) is 20.4 Å². The highest BCUT2D eigenvalue weighted by molar-refractivity contribution is 7.44. The SMILES string of the molecule is [C-]#[N+]CCOP(O[C@H](CC)Cn1cnc2c(N=CN(C)C)nc(OC(=O)N(c3ccccc3)c3ccccc3)nc21)N(C(C)C)C(C)C. The molecule has 0 aliphatic carbocycles. The third-order valence-corrected chi connectivity index (χ3v) is 9.16. The van der Waals surface area contributed by atoms with Crippen molar-refractivity contribution in [1.82, 2.24) is 29.1 Å². The molecule has 0 N–H and O–H groups in total. The summed E-state index contributed by atoms with van der Waals surface area (Å²) in [6, 6.07) is 18.6. The minimum Gasteiger partial charge on any atom is -0.373 e. The highest BCUT2D eigenvalue weighted by Crippen LogP contribution is 2.47. The van der Waals surface area contributed by atoms with Crippen molar-refractivity contribution in [3.63, 3.8) is 0 Å². The average molecular weight is 674 g/mol. The predicted octanol–water partition coefficient (Wildman–Crippen LogP) is 7.46. The zero-order valence-corrected chi connectivity index (χ0v) is 29.5. The standard InChI is InChI=1S/C34H44N9O4P/c1-9-29(47-48(45-21-20-35-6)43(25(2)3)26(4)5)22-41-24-36-30-31(37-23-40(7)8)38-33(39-32(30)41)46-34(44)42(27-16-12-10-13-17-27)28-18-14-11-15-19-28/h10-19,23-26,29H,9,20-22H2,1-5,7-8H3/t29-,48?/m1/s1. The Kier molecular flexibility index (Phi) is 13.3. The monoisotopic (exact) mass is 673 g/mol. The van der Waals surface area contributed by atoms with Gasteiger partial charge in [0.15, 0.2) is 17.0 Å².